The summed E-state index contributed by atoms with van der Waals surface area (Å²) < 4.78 is 37.0. The van der Waals surface area contributed by atoms with Gasteiger partial charge in [-0.25, -0.2) is 0 Å². The maximum absolute atomic E-state index is 12.3. The second-order valence-corrected chi connectivity index (χ2v) is 4.10. The lowest BCUT2D eigenvalue weighted by molar-refractivity contribution is -0.137. The van der Waals surface area contributed by atoms with Gasteiger partial charge in [0.05, 0.1) is 11.5 Å². The molecule has 2 nitrogen and oxygen atoms in total. The van der Waals surface area contributed by atoms with Gasteiger partial charge in [0, 0.05) is 12.2 Å². The number of hydrogen-bond donors (Lipinski definition) is 0. The van der Waals surface area contributed by atoms with Crippen molar-refractivity contribution in [1.82, 2.24) is 0 Å². The minimum absolute atomic E-state index is 0.00717. The Labute approximate surface area is 97.0 Å². The number of hydrogen-bond acceptors (Lipinski definition) is 1. The molecule has 17 heavy (non-hydrogen) atoms. The molecule has 1 heterocycles. The summed E-state index contributed by atoms with van der Waals surface area (Å²) in [7, 11) is 0. The summed E-state index contributed by atoms with van der Waals surface area (Å²) in [6.07, 6.45) is -3.56. The molecule has 0 spiro atoms. The third-order valence-corrected chi connectivity index (χ3v) is 3.02. The van der Waals surface area contributed by atoms with Gasteiger partial charge in [0.15, 0.2) is 0 Å². The van der Waals surface area contributed by atoms with Crippen molar-refractivity contribution in [2.75, 3.05) is 11.4 Å². The van der Waals surface area contributed by atoms with Gasteiger partial charge < -0.3 is 4.90 Å². The number of nitrogens with zero attached hydrogens (tertiary/aromatic N) is 1. The Morgan fingerprint density at radius 2 is 1.88 bits per heavy atom. The molecule has 1 fully saturated rings. The highest BCUT2D eigenvalue weighted by Crippen LogP contribution is 2.32. The number of rotatable bonds is 2. The Kier molecular flexibility index (Phi) is 2.85. The molecule has 0 radical (unpaired) electrons. The van der Waals surface area contributed by atoms with Crippen LogP contribution in [-0.4, -0.2) is 12.5 Å². The van der Waals surface area contributed by atoms with Crippen molar-refractivity contribution in [3.8, 4) is 0 Å². The number of alkyl halides is 3. The first-order valence-corrected chi connectivity index (χ1v) is 5.42. The molecule has 1 aliphatic rings. The third-order valence-electron chi connectivity index (χ3n) is 3.02. The Bertz CT molecular complexity index is 424. The first-order valence-electron chi connectivity index (χ1n) is 5.42. The van der Waals surface area contributed by atoms with Gasteiger partial charge in [-0.2, -0.15) is 13.2 Å². The molecule has 0 N–H and O–H groups in total. The second-order valence-electron chi connectivity index (χ2n) is 4.10. The van der Waals surface area contributed by atoms with E-state index in [1.54, 1.807) is 0 Å². The normalized spacial score (nSPS) is 20.4. The smallest absolute Gasteiger partial charge is 0.311 e. The number of carbonyl (C=O) groups is 1. The quantitative estimate of drug-likeness (QED) is 0.731. The predicted molar refractivity (Wildman–Crippen MR) is 57.6 cm³/mol. The molecular weight excluding hydrogens is 231 g/mol. The summed E-state index contributed by atoms with van der Waals surface area (Å²) in [5.74, 6) is 0.0181. The number of anilines is 1. The lowest BCUT2D eigenvalue weighted by atomic mass is 9.95. The van der Waals surface area contributed by atoms with Crippen LogP contribution in [0.2, 0.25) is 0 Å². The molecule has 0 bridgehead atoms. The molecule has 1 aliphatic heterocycles. The summed E-state index contributed by atoms with van der Waals surface area (Å²) in [4.78, 5) is 13.1. The number of benzene rings is 1. The number of amides is 1. The van der Waals surface area contributed by atoms with Crippen molar-refractivity contribution in [1.29, 1.82) is 0 Å². The summed E-state index contributed by atoms with van der Waals surface area (Å²) in [5, 5.41) is 0. The van der Waals surface area contributed by atoms with Crippen LogP contribution < -0.4 is 4.90 Å². The highest BCUT2D eigenvalue weighted by Gasteiger charge is 2.36. The standard InChI is InChI=1S/C12H12F3NO/c1-2-8-7-16(11(8)17)10-5-3-9(4-6-10)12(13,14)15/h3-6,8H,2,7H2,1H3. The molecule has 1 aromatic rings. The van der Waals surface area contributed by atoms with E-state index in [9.17, 15) is 18.0 Å². The second kappa shape index (κ2) is 4.05. The lowest BCUT2D eigenvalue weighted by Gasteiger charge is -2.38. The molecule has 1 saturated heterocycles. The summed E-state index contributed by atoms with van der Waals surface area (Å²) >= 11 is 0. The first kappa shape index (κ1) is 12.0. The molecule has 2 rings (SSSR count). The Balaban J connectivity index is 2.13. The van der Waals surface area contributed by atoms with Crippen LogP contribution in [0.5, 0.6) is 0 Å². The van der Waals surface area contributed by atoms with E-state index < -0.39 is 11.7 Å². The number of β-lactam (4-membered cyclic amide) rings is 1. The largest absolute Gasteiger partial charge is 0.416 e. The van der Waals surface area contributed by atoms with Gasteiger partial charge >= 0.3 is 6.18 Å². The van der Waals surface area contributed by atoms with E-state index in [2.05, 4.69) is 0 Å². The molecule has 92 valence electrons. The van der Waals surface area contributed by atoms with E-state index in [4.69, 9.17) is 0 Å². The average Bonchev–Trinajstić information content (AvgIpc) is 2.27. The topological polar surface area (TPSA) is 20.3 Å². The summed E-state index contributed by atoms with van der Waals surface area (Å²) in [6.45, 7) is 2.52. The van der Waals surface area contributed by atoms with Crippen molar-refractivity contribution < 1.29 is 18.0 Å². The van der Waals surface area contributed by atoms with Gasteiger partial charge in [-0.1, -0.05) is 6.92 Å². The zero-order valence-electron chi connectivity index (χ0n) is 9.29. The Morgan fingerprint density at radius 3 is 2.29 bits per heavy atom. The fourth-order valence-electron chi connectivity index (χ4n) is 1.86. The highest BCUT2D eigenvalue weighted by atomic mass is 19.4. The molecule has 0 aliphatic carbocycles. The van der Waals surface area contributed by atoms with Crippen LogP contribution in [0.15, 0.2) is 24.3 Å². The molecule has 1 atom stereocenters. The average molecular weight is 243 g/mol. The van der Waals surface area contributed by atoms with Gasteiger partial charge in [0.1, 0.15) is 0 Å². The zero-order valence-corrected chi connectivity index (χ0v) is 9.29. The van der Waals surface area contributed by atoms with Crippen LogP contribution in [0, 0.1) is 5.92 Å². The van der Waals surface area contributed by atoms with Gasteiger partial charge in [-0.05, 0) is 30.7 Å². The molecule has 5 heteroatoms. The zero-order chi connectivity index (χ0) is 12.6. The van der Waals surface area contributed by atoms with E-state index in [0.29, 0.717) is 12.2 Å². The molecule has 1 amide bonds. The SMILES string of the molecule is CCC1CN(c2ccc(C(F)(F)F)cc2)C1=O. The van der Waals surface area contributed by atoms with Crippen molar-refractivity contribution >= 4 is 11.6 Å². The Hall–Kier alpha value is -1.52. The maximum Gasteiger partial charge on any atom is 0.416 e. The summed E-state index contributed by atoms with van der Waals surface area (Å²) in [6, 6.07) is 4.68. The fourth-order valence-corrected chi connectivity index (χ4v) is 1.86. The predicted octanol–water partition coefficient (Wildman–Crippen LogP) is 3.08. The van der Waals surface area contributed by atoms with E-state index in [-0.39, 0.29) is 11.8 Å². The van der Waals surface area contributed by atoms with E-state index in [1.165, 1.54) is 17.0 Å². The van der Waals surface area contributed by atoms with Crippen LogP contribution in [0.4, 0.5) is 18.9 Å². The van der Waals surface area contributed by atoms with Crippen LogP contribution in [0.25, 0.3) is 0 Å². The third kappa shape index (κ3) is 2.14. The van der Waals surface area contributed by atoms with Crippen molar-refractivity contribution in [2.24, 2.45) is 5.92 Å². The van der Waals surface area contributed by atoms with E-state index >= 15 is 0 Å². The van der Waals surface area contributed by atoms with E-state index in [0.717, 1.165) is 18.6 Å². The van der Waals surface area contributed by atoms with Crippen molar-refractivity contribution in [3.05, 3.63) is 29.8 Å². The van der Waals surface area contributed by atoms with Gasteiger partial charge in [-0.3, -0.25) is 4.79 Å². The lowest BCUT2D eigenvalue weighted by Crippen LogP contribution is -2.52. The van der Waals surface area contributed by atoms with Crippen LogP contribution in [0.3, 0.4) is 0 Å². The molecule has 1 aromatic carbocycles. The van der Waals surface area contributed by atoms with Crippen LogP contribution in [-0.2, 0) is 11.0 Å². The minimum Gasteiger partial charge on any atom is -0.311 e. The first-order chi connectivity index (χ1) is 7.93. The summed E-state index contributed by atoms with van der Waals surface area (Å²) in [5.41, 5.74) is -0.158. The van der Waals surface area contributed by atoms with Gasteiger partial charge in [-0.15, -0.1) is 0 Å². The van der Waals surface area contributed by atoms with Crippen molar-refractivity contribution in [2.45, 2.75) is 19.5 Å². The van der Waals surface area contributed by atoms with Gasteiger partial charge in [0.25, 0.3) is 0 Å². The minimum atomic E-state index is -4.33. The van der Waals surface area contributed by atoms with Crippen LogP contribution in [0.1, 0.15) is 18.9 Å². The maximum atomic E-state index is 12.3. The monoisotopic (exact) mass is 243 g/mol. The van der Waals surface area contributed by atoms with E-state index in [1.807, 2.05) is 6.92 Å². The van der Waals surface area contributed by atoms with Crippen molar-refractivity contribution in [3.63, 3.8) is 0 Å². The molecule has 0 saturated carbocycles. The fraction of sp³-hybridized carbons (Fsp3) is 0.417. The van der Waals surface area contributed by atoms with Gasteiger partial charge in [0.2, 0.25) is 5.91 Å². The molecule has 0 aromatic heterocycles. The Morgan fingerprint density at radius 1 is 1.29 bits per heavy atom. The highest BCUT2D eigenvalue weighted by molar-refractivity contribution is 6.01. The number of carbonyl (C=O) groups excluding carboxylic acids is 1. The molecule has 1 unspecified atom stereocenters. The van der Waals surface area contributed by atoms with Crippen LogP contribution >= 0.6 is 0 Å². The number of halogens is 3. The molecular formula is C12H12F3NO.